The summed E-state index contributed by atoms with van der Waals surface area (Å²) in [4.78, 5) is 4.46. The van der Waals surface area contributed by atoms with Crippen molar-refractivity contribution in [2.24, 2.45) is 0 Å². The van der Waals surface area contributed by atoms with Crippen molar-refractivity contribution < 1.29 is 0 Å². The average Bonchev–Trinajstić information content (AvgIpc) is 2.87. The zero-order chi connectivity index (χ0) is 13.7. The molecule has 0 radical (unpaired) electrons. The molecule has 0 saturated carbocycles. The maximum absolute atomic E-state index is 9.26. The first-order valence-electron chi connectivity index (χ1n) is 6.30. The normalized spacial score (nSPS) is 13.7. The Labute approximate surface area is 117 Å². The van der Waals surface area contributed by atoms with Crippen molar-refractivity contribution in [3.8, 4) is 6.07 Å². The first kappa shape index (κ1) is 13.7. The summed E-state index contributed by atoms with van der Waals surface area (Å²) in [6.45, 7) is 4.72. The highest BCUT2D eigenvalue weighted by Crippen LogP contribution is 2.19. The lowest BCUT2D eigenvalue weighted by Gasteiger charge is -2.14. The predicted octanol–water partition coefficient (Wildman–Crippen LogP) is 3.41. The van der Waals surface area contributed by atoms with Crippen LogP contribution in [0.15, 0.2) is 35.7 Å². The maximum atomic E-state index is 9.26. The first-order valence-corrected chi connectivity index (χ1v) is 7.18. The Bertz CT molecular complexity index is 556. The smallest absolute Gasteiger partial charge is 0.110 e. The fraction of sp³-hybridized carbons (Fsp3) is 0.333. The van der Waals surface area contributed by atoms with Crippen LogP contribution in [-0.2, 0) is 0 Å². The van der Waals surface area contributed by atoms with Crippen molar-refractivity contribution >= 4 is 11.3 Å². The number of nitrogens with one attached hydrogen (secondary N) is 1. The first-order chi connectivity index (χ1) is 9.20. The Balaban J connectivity index is 1.96. The number of thiazole rings is 1. The van der Waals surface area contributed by atoms with Gasteiger partial charge in [0.25, 0.3) is 0 Å². The van der Waals surface area contributed by atoms with Crippen LogP contribution in [0.2, 0.25) is 0 Å². The molecular weight excluding hydrogens is 254 g/mol. The van der Waals surface area contributed by atoms with E-state index in [0.29, 0.717) is 6.54 Å². The molecule has 0 saturated heterocycles. The van der Waals surface area contributed by atoms with Gasteiger partial charge in [0.1, 0.15) is 5.01 Å². The molecule has 1 heterocycles. The minimum absolute atomic E-state index is 0.121. The van der Waals surface area contributed by atoms with Crippen LogP contribution >= 0.6 is 11.3 Å². The molecule has 4 heteroatoms. The van der Waals surface area contributed by atoms with Crippen LogP contribution in [-0.4, -0.2) is 11.5 Å². The molecule has 19 heavy (non-hydrogen) atoms. The van der Waals surface area contributed by atoms with Gasteiger partial charge in [0.05, 0.1) is 18.0 Å². The van der Waals surface area contributed by atoms with E-state index in [4.69, 9.17) is 0 Å². The number of hydrogen-bond donors (Lipinski definition) is 1. The monoisotopic (exact) mass is 271 g/mol. The van der Waals surface area contributed by atoms with Crippen molar-refractivity contribution in [2.75, 3.05) is 6.54 Å². The second kappa shape index (κ2) is 6.46. The summed E-state index contributed by atoms with van der Waals surface area (Å²) < 4.78 is 0. The van der Waals surface area contributed by atoms with Gasteiger partial charge in [-0.15, -0.1) is 11.3 Å². The zero-order valence-electron chi connectivity index (χ0n) is 11.1. The molecule has 0 fully saturated rings. The van der Waals surface area contributed by atoms with Gasteiger partial charge in [0.2, 0.25) is 0 Å². The van der Waals surface area contributed by atoms with Crippen LogP contribution in [0, 0.1) is 18.3 Å². The largest absolute Gasteiger partial charge is 0.307 e. The van der Waals surface area contributed by atoms with E-state index in [1.54, 1.807) is 11.3 Å². The SMILES string of the molecule is Cc1csc(C(C)NCC(C#N)c2ccccc2)n1. The molecule has 0 amide bonds. The van der Waals surface area contributed by atoms with Crippen LogP contribution < -0.4 is 5.32 Å². The number of benzene rings is 1. The second-order valence-electron chi connectivity index (χ2n) is 4.55. The van der Waals surface area contributed by atoms with Gasteiger partial charge >= 0.3 is 0 Å². The molecule has 2 atom stereocenters. The minimum Gasteiger partial charge on any atom is -0.307 e. The number of aromatic nitrogens is 1. The number of nitriles is 1. The van der Waals surface area contributed by atoms with E-state index in [1.165, 1.54) is 0 Å². The summed E-state index contributed by atoms with van der Waals surface area (Å²) in [5.41, 5.74) is 2.11. The second-order valence-corrected chi connectivity index (χ2v) is 5.44. The topological polar surface area (TPSA) is 48.7 Å². The van der Waals surface area contributed by atoms with Crippen molar-refractivity contribution in [2.45, 2.75) is 25.8 Å². The van der Waals surface area contributed by atoms with Gasteiger partial charge in [-0.1, -0.05) is 30.3 Å². The standard InChI is InChI=1S/C15H17N3S/c1-11-10-19-15(18-11)12(2)17-9-14(8-16)13-6-4-3-5-7-13/h3-7,10,12,14,17H,9H2,1-2H3. The molecule has 1 N–H and O–H groups in total. The lowest BCUT2D eigenvalue weighted by molar-refractivity contribution is 0.555. The molecule has 3 nitrogen and oxygen atoms in total. The third-order valence-electron chi connectivity index (χ3n) is 2.99. The summed E-state index contributed by atoms with van der Waals surface area (Å²) in [5, 5.41) is 15.8. The molecule has 1 aromatic carbocycles. The summed E-state index contributed by atoms with van der Waals surface area (Å²) in [5.74, 6) is -0.121. The van der Waals surface area contributed by atoms with Gasteiger partial charge in [-0.05, 0) is 19.4 Å². The molecule has 0 bridgehead atoms. The molecule has 2 rings (SSSR count). The quantitative estimate of drug-likeness (QED) is 0.906. The van der Waals surface area contributed by atoms with Crippen LogP contribution in [0.4, 0.5) is 0 Å². The lowest BCUT2D eigenvalue weighted by Crippen LogP contribution is -2.24. The number of rotatable bonds is 5. The van der Waals surface area contributed by atoms with Crippen molar-refractivity contribution in [3.05, 3.63) is 52.0 Å². The van der Waals surface area contributed by atoms with Crippen LogP contribution in [0.3, 0.4) is 0 Å². The fourth-order valence-corrected chi connectivity index (χ4v) is 2.70. The van der Waals surface area contributed by atoms with Crippen LogP contribution in [0.25, 0.3) is 0 Å². The Morgan fingerprint density at radius 3 is 2.68 bits per heavy atom. The summed E-state index contributed by atoms with van der Waals surface area (Å²) in [7, 11) is 0. The van der Waals surface area contributed by atoms with Gasteiger partial charge in [-0.2, -0.15) is 5.26 Å². The number of nitrogens with zero attached hydrogens (tertiary/aromatic N) is 2. The Morgan fingerprint density at radius 2 is 2.11 bits per heavy atom. The highest BCUT2D eigenvalue weighted by atomic mass is 32.1. The van der Waals surface area contributed by atoms with Crippen molar-refractivity contribution in [1.29, 1.82) is 5.26 Å². The van der Waals surface area contributed by atoms with E-state index in [-0.39, 0.29) is 12.0 Å². The molecule has 0 aliphatic carbocycles. The van der Waals surface area contributed by atoms with Crippen molar-refractivity contribution in [3.63, 3.8) is 0 Å². The highest BCUT2D eigenvalue weighted by Gasteiger charge is 2.14. The third-order valence-corrected chi connectivity index (χ3v) is 4.14. The number of aryl methyl sites for hydroxylation is 1. The van der Waals surface area contributed by atoms with Gasteiger partial charge in [0, 0.05) is 17.6 Å². The Kier molecular flexibility index (Phi) is 4.67. The molecule has 2 unspecified atom stereocenters. The summed E-state index contributed by atoms with van der Waals surface area (Å²) in [6.07, 6.45) is 0. The molecule has 98 valence electrons. The molecular formula is C15H17N3S. The lowest BCUT2D eigenvalue weighted by atomic mass is 10.0. The molecule has 0 aliphatic rings. The van der Waals surface area contributed by atoms with E-state index in [1.807, 2.05) is 42.6 Å². The van der Waals surface area contributed by atoms with E-state index in [0.717, 1.165) is 16.3 Å². The van der Waals surface area contributed by atoms with Crippen LogP contribution in [0.5, 0.6) is 0 Å². The molecule has 0 spiro atoms. The van der Waals surface area contributed by atoms with Gasteiger partial charge < -0.3 is 5.32 Å². The molecule has 1 aromatic heterocycles. The molecule has 0 aliphatic heterocycles. The third kappa shape index (κ3) is 3.63. The fourth-order valence-electron chi connectivity index (χ4n) is 1.88. The molecule has 2 aromatic rings. The van der Waals surface area contributed by atoms with E-state index in [2.05, 4.69) is 23.3 Å². The minimum atomic E-state index is -0.121. The highest BCUT2D eigenvalue weighted by molar-refractivity contribution is 7.09. The van der Waals surface area contributed by atoms with Gasteiger partial charge in [-0.3, -0.25) is 0 Å². The van der Waals surface area contributed by atoms with Gasteiger partial charge in [0.15, 0.2) is 0 Å². The average molecular weight is 271 g/mol. The van der Waals surface area contributed by atoms with Gasteiger partial charge in [-0.25, -0.2) is 4.98 Å². The zero-order valence-corrected chi connectivity index (χ0v) is 11.9. The van der Waals surface area contributed by atoms with E-state index < -0.39 is 0 Å². The Hall–Kier alpha value is -1.70. The summed E-state index contributed by atoms with van der Waals surface area (Å²) in [6, 6.07) is 12.4. The van der Waals surface area contributed by atoms with Crippen LogP contribution in [0.1, 0.15) is 35.1 Å². The maximum Gasteiger partial charge on any atom is 0.110 e. The number of hydrogen-bond acceptors (Lipinski definition) is 4. The predicted molar refractivity (Wildman–Crippen MR) is 78.1 cm³/mol. The van der Waals surface area contributed by atoms with E-state index in [9.17, 15) is 5.26 Å². The summed E-state index contributed by atoms with van der Waals surface area (Å²) >= 11 is 1.66. The Morgan fingerprint density at radius 1 is 1.37 bits per heavy atom. The van der Waals surface area contributed by atoms with Crippen molar-refractivity contribution in [1.82, 2.24) is 10.3 Å². The van der Waals surface area contributed by atoms with E-state index >= 15 is 0 Å².